The summed E-state index contributed by atoms with van der Waals surface area (Å²) >= 11 is 0. The van der Waals surface area contributed by atoms with E-state index in [2.05, 4.69) is 5.32 Å². The predicted molar refractivity (Wildman–Crippen MR) is 62.2 cm³/mol. The fraction of sp³-hybridized carbons (Fsp3) is 0.556. The first-order valence-corrected chi connectivity index (χ1v) is 6.32. The Balaban J connectivity index is 0.00000128. The molecular weight excluding hydrogens is 252 g/mol. The van der Waals surface area contributed by atoms with Crippen LogP contribution in [0.1, 0.15) is 6.92 Å². The second-order valence-corrected chi connectivity index (χ2v) is 5.42. The Kier molecular flexibility index (Phi) is 4.37. The second-order valence-electron chi connectivity index (χ2n) is 3.60. The molecule has 1 aliphatic rings. The van der Waals surface area contributed by atoms with E-state index in [-0.39, 0.29) is 23.5 Å². The summed E-state index contributed by atoms with van der Waals surface area (Å²) < 4.78 is 30.6. The number of hydrogen-bond acceptors (Lipinski definition) is 4. The molecular formula is C9H15ClN2O3S. The van der Waals surface area contributed by atoms with Gasteiger partial charge in [0.05, 0.1) is 6.26 Å². The highest BCUT2D eigenvalue weighted by Gasteiger charge is 2.32. The van der Waals surface area contributed by atoms with Gasteiger partial charge in [-0.2, -0.15) is 4.31 Å². The smallest absolute Gasteiger partial charge is 0.276 e. The number of nitrogens with one attached hydrogen (secondary N) is 1. The molecule has 0 saturated carbocycles. The number of piperazine rings is 1. The quantitative estimate of drug-likeness (QED) is 0.855. The van der Waals surface area contributed by atoms with Crippen molar-refractivity contribution < 1.29 is 12.8 Å². The van der Waals surface area contributed by atoms with Gasteiger partial charge in [-0.1, -0.05) is 0 Å². The number of furan rings is 1. The highest BCUT2D eigenvalue weighted by molar-refractivity contribution is 7.89. The van der Waals surface area contributed by atoms with E-state index in [0.717, 1.165) is 0 Å². The molecule has 7 heteroatoms. The maximum absolute atomic E-state index is 12.1. The molecule has 1 aromatic rings. The van der Waals surface area contributed by atoms with Crippen LogP contribution in [-0.4, -0.2) is 38.4 Å². The van der Waals surface area contributed by atoms with Crippen molar-refractivity contribution in [2.45, 2.75) is 18.1 Å². The van der Waals surface area contributed by atoms with Gasteiger partial charge in [0.15, 0.2) is 0 Å². The molecule has 0 aliphatic carbocycles. The van der Waals surface area contributed by atoms with Gasteiger partial charge in [-0.3, -0.25) is 0 Å². The maximum atomic E-state index is 12.1. The Morgan fingerprint density at radius 1 is 1.56 bits per heavy atom. The maximum Gasteiger partial charge on any atom is 0.276 e. The lowest BCUT2D eigenvalue weighted by Gasteiger charge is -2.31. The SMILES string of the molecule is C[C@H]1CNCCN1S(=O)(=O)c1ccco1.Cl. The van der Waals surface area contributed by atoms with Crippen LogP contribution < -0.4 is 5.32 Å². The lowest BCUT2D eigenvalue weighted by molar-refractivity contribution is 0.276. The van der Waals surface area contributed by atoms with Crippen LogP contribution in [0.5, 0.6) is 0 Å². The zero-order chi connectivity index (χ0) is 10.9. The van der Waals surface area contributed by atoms with Gasteiger partial charge in [-0.15, -0.1) is 12.4 Å². The van der Waals surface area contributed by atoms with E-state index in [1.165, 1.54) is 16.6 Å². The molecule has 1 N–H and O–H groups in total. The lowest BCUT2D eigenvalue weighted by Crippen LogP contribution is -2.51. The van der Waals surface area contributed by atoms with Crippen LogP contribution in [0, 0.1) is 0 Å². The summed E-state index contributed by atoms with van der Waals surface area (Å²) in [5, 5.41) is 3.17. The van der Waals surface area contributed by atoms with E-state index in [4.69, 9.17) is 4.42 Å². The van der Waals surface area contributed by atoms with Gasteiger partial charge >= 0.3 is 0 Å². The molecule has 0 unspecified atom stereocenters. The Labute approximate surface area is 101 Å². The number of hydrogen-bond donors (Lipinski definition) is 1. The van der Waals surface area contributed by atoms with Gasteiger partial charge in [-0.05, 0) is 19.1 Å². The summed E-state index contributed by atoms with van der Waals surface area (Å²) in [5.41, 5.74) is 0. The fourth-order valence-corrected chi connectivity index (χ4v) is 3.24. The minimum Gasteiger partial charge on any atom is -0.452 e. The van der Waals surface area contributed by atoms with Gasteiger partial charge in [0, 0.05) is 25.7 Å². The molecule has 5 nitrogen and oxygen atoms in total. The van der Waals surface area contributed by atoms with Gasteiger partial charge in [-0.25, -0.2) is 8.42 Å². The molecule has 1 aromatic heterocycles. The molecule has 2 heterocycles. The molecule has 1 fully saturated rings. The van der Waals surface area contributed by atoms with Gasteiger partial charge in [0.25, 0.3) is 10.0 Å². The van der Waals surface area contributed by atoms with Gasteiger partial charge < -0.3 is 9.73 Å². The molecule has 0 radical (unpaired) electrons. The zero-order valence-corrected chi connectivity index (χ0v) is 10.6. The number of halogens is 1. The molecule has 1 aliphatic heterocycles. The topological polar surface area (TPSA) is 62.6 Å². The summed E-state index contributed by atoms with van der Waals surface area (Å²) in [6.45, 7) is 3.74. The molecule has 0 bridgehead atoms. The normalized spacial score (nSPS) is 22.7. The van der Waals surface area contributed by atoms with Crippen molar-refractivity contribution in [1.29, 1.82) is 0 Å². The fourth-order valence-electron chi connectivity index (χ4n) is 1.71. The molecule has 1 saturated heterocycles. The molecule has 16 heavy (non-hydrogen) atoms. The Morgan fingerprint density at radius 2 is 2.31 bits per heavy atom. The molecule has 0 amide bonds. The second kappa shape index (κ2) is 5.18. The third-order valence-corrected chi connectivity index (χ3v) is 4.40. The Bertz CT molecular complexity index is 418. The number of rotatable bonds is 2. The van der Waals surface area contributed by atoms with Crippen molar-refractivity contribution in [3.8, 4) is 0 Å². The van der Waals surface area contributed by atoms with E-state index in [1.807, 2.05) is 6.92 Å². The predicted octanol–water partition coefficient (Wildman–Crippen LogP) is 0.684. The lowest BCUT2D eigenvalue weighted by atomic mass is 10.3. The van der Waals surface area contributed by atoms with E-state index in [9.17, 15) is 8.42 Å². The van der Waals surface area contributed by atoms with Crippen LogP contribution in [-0.2, 0) is 10.0 Å². The first-order valence-electron chi connectivity index (χ1n) is 4.88. The van der Waals surface area contributed by atoms with Crippen molar-refractivity contribution in [2.75, 3.05) is 19.6 Å². The Morgan fingerprint density at radius 3 is 2.88 bits per heavy atom. The number of sulfonamides is 1. The summed E-state index contributed by atoms with van der Waals surface area (Å²) in [4.78, 5) is 0. The van der Waals surface area contributed by atoms with Crippen LogP contribution in [0.15, 0.2) is 27.9 Å². The average molecular weight is 267 g/mol. The van der Waals surface area contributed by atoms with Crippen LogP contribution in [0.2, 0.25) is 0 Å². The van der Waals surface area contributed by atoms with Crippen molar-refractivity contribution in [1.82, 2.24) is 9.62 Å². The van der Waals surface area contributed by atoms with Crippen LogP contribution in [0.3, 0.4) is 0 Å². The summed E-state index contributed by atoms with van der Waals surface area (Å²) in [6, 6.07) is 3.03. The van der Waals surface area contributed by atoms with E-state index in [0.29, 0.717) is 19.6 Å². The standard InChI is InChI=1S/C9H14N2O3S.ClH/c1-8-7-10-4-5-11(8)15(12,13)9-3-2-6-14-9;/h2-3,6,8,10H,4-5,7H2,1H3;1H/t8-;/m0./s1. The molecule has 2 rings (SSSR count). The summed E-state index contributed by atoms with van der Waals surface area (Å²) in [6.07, 6.45) is 1.37. The molecule has 0 spiro atoms. The molecule has 92 valence electrons. The van der Waals surface area contributed by atoms with Gasteiger partial charge in [0.1, 0.15) is 0 Å². The van der Waals surface area contributed by atoms with Crippen molar-refractivity contribution in [3.63, 3.8) is 0 Å². The first kappa shape index (κ1) is 13.5. The van der Waals surface area contributed by atoms with E-state index in [1.54, 1.807) is 6.07 Å². The molecule has 1 atom stereocenters. The monoisotopic (exact) mass is 266 g/mol. The van der Waals surface area contributed by atoms with Crippen molar-refractivity contribution in [3.05, 3.63) is 18.4 Å². The van der Waals surface area contributed by atoms with E-state index >= 15 is 0 Å². The third kappa shape index (κ3) is 2.40. The summed E-state index contributed by atoms with van der Waals surface area (Å²) in [7, 11) is -3.44. The zero-order valence-electron chi connectivity index (χ0n) is 8.92. The van der Waals surface area contributed by atoms with E-state index < -0.39 is 10.0 Å². The highest BCUT2D eigenvalue weighted by Crippen LogP contribution is 2.19. The minimum atomic E-state index is -3.44. The molecule has 0 aromatic carbocycles. The third-order valence-electron chi connectivity index (χ3n) is 2.50. The highest BCUT2D eigenvalue weighted by atomic mass is 35.5. The first-order chi connectivity index (χ1) is 7.12. The van der Waals surface area contributed by atoms with Gasteiger partial charge in [0.2, 0.25) is 5.09 Å². The van der Waals surface area contributed by atoms with Crippen molar-refractivity contribution in [2.24, 2.45) is 0 Å². The largest absolute Gasteiger partial charge is 0.452 e. The minimum absolute atomic E-state index is 0. The number of nitrogens with zero attached hydrogens (tertiary/aromatic N) is 1. The van der Waals surface area contributed by atoms with Crippen molar-refractivity contribution >= 4 is 22.4 Å². The summed E-state index contributed by atoms with van der Waals surface area (Å²) in [5.74, 6) is 0. The van der Waals surface area contributed by atoms with Crippen LogP contribution >= 0.6 is 12.4 Å². The van der Waals surface area contributed by atoms with Crippen LogP contribution in [0.4, 0.5) is 0 Å². The average Bonchev–Trinajstić information content (AvgIpc) is 2.71. The van der Waals surface area contributed by atoms with Crippen LogP contribution in [0.25, 0.3) is 0 Å². The Hall–Kier alpha value is -0.560.